The Bertz CT molecular complexity index is 1230. The summed E-state index contributed by atoms with van der Waals surface area (Å²) in [6, 6.07) is 19.5. The molecule has 0 aliphatic carbocycles. The number of benzene rings is 3. The van der Waals surface area contributed by atoms with Crippen LogP contribution < -0.4 is 14.4 Å². The van der Waals surface area contributed by atoms with Gasteiger partial charge in [0, 0.05) is 19.7 Å². The number of carbonyl (C=O) groups is 1. The number of nitrogens with zero attached hydrogens (tertiary/aromatic N) is 2. The Morgan fingerprint density at radius 2 is 1.62 bits per heavy atom. The fraction of sp³-hybridized carbons (Fsp3) is 0.240. The zero-order chi connectivity index (χ0) is 24.9. The van der Waals surface area contributed by atoms with E-state index in [0.717, 1.165) is 19.9 Å². The summed E-state index contributed by atoms with van der Waals surface area (Å²) in [5.41, 5.74) is 1.91. The monoisotopic (exact) mass is 485 g/mol. The number of hydrogen-bond acceptors (Lipinski definition) is 4. The molecule has 34 heavy (non-hydrogen) atoms. The molecule has 1 atom stereocenters. The van der Waals surface area contributed by atoms with Crippen LogP contribution in [0.5, 0.6) is 5.75 Å². The maximum atomic E-state index is 14.4. The minimum Gasteiger partial charge on any atom is -0.497 e. The molecule has 9 heteroatoms. The Kier molecular flexibility index (Phi) is 7.90. The van der Waals surface area contributed by atoms with Crippen molar-refractivity contribution in [3.8, 4) is 5.75 Å². The second kappa shape index (κ2) is 10.7. The van der Waals surface area contributed by atoms with Gasteiger partial charge >= 0.3 is 10.2 Å². The molecule has 3 aromatic rings. The van der Waals surface area contributed by atoms with Gasteiger partial charge < -0.3 is 10.1 Å². The smallest absolute Gasteiger partial charge is 0.303 e. The summed E-state index contributed by atoms with van der Waals surface area (Å²) in [7, 11) is 0.419. The van der Waals surface area contributed by atoms with E-state index < -0.39 is 16.0 Å². The Hall–Kier alpha value is -3.43. The molecule has 0 spiro atoms. The van der Waals surface area contributed by atoms with E-state index in [0.29, 0.717) is 11.1 Å². The average molecular weight is 486 g/mol. The average Bonchev–Trinajstić information content (AvgIpc) is 2.83. The van der Waals surface area contributed by atoms with Crippen molar-refractivity contribution >= 4 is 21.8 Å². The van der Waals surface area contributed by atoms with Crippen LogP contribution in [0.25, 0.3) is 0 Å². The lowest BCUT2D eigenvalue weighted by Gasteiger charge is -2.27. The summed E-state index contributed by atoms with van der Waals surface area (Å²) in [4.78, 5) is 12.7. The van der Waals surface area contributed by atoms with E-state index in [1.54, 1.807) is 37.4 Å². The van der Waals surface area contributed by atoms with E-state index >= 15 is 0 Å². The molecule has 1 unspecified atom stereocenters. The number of halogens is 1. The number of amides is 1. The van der Waals surface area contributed by atoms with Crippen LogP contribution >= 0.6 is 0 Å². The summed E-state index contributed by atoms with van der Waals surface area (Å²) in [5.74, 6) is -0.170. The second-order valence-electron chi connectivity index (χ2n) is 7.91. The molecule has 0 bridgehead atoms. The normalized spacial score (nSPS) is 12.3. The number of carbonyl (C=O) groups excluding carboxylic acids is 1. The molecule has 7 nitrogen and oxygen atoms in total. The summed E-state index contributed by atoms with van der Waals surface area (Å²) in [6.45, 7) is 1.79. The Morgan fingerprint density at radius 1 is 1.00 bits per heavy atom. The minimum atomic E-state index is -3.95. The molecular formula is C25H28FN3O4S. The van der Waals surface area contributed by atoms with E-state index in [-0.39, 0.29) is 24.2 Å². The van der Waals surface area contributed by atoms with Crippen LogP contribution in [0.1, 0.15) is 34.5 Å². The number of para-hydroxylation sites is 1. The van der Waals surface area contributed by atoms with Gasteiger partial charge in [-0.2, -0.15) is 12.7 Å². The third kappa shape index (κ3) is 5.73. The molecule has 0 heterocycles. The van der Waals surface area contributed by atoms with Gasteiger partial charge in [-0.15, -0.1) is 0 Å². The number of nitrogens with one attached hydrogen (secondary N) is 1. The van der Waals surface area contributed by atoms with Crippen LogP contribution in [0.2, 0.25) is 0 Å². The Labute approximate surface area is 200 Å². The van der Waals surface area contributed by atoms with Crippen molar-refractivity contribution in [3.05, 3.63) is 95.3 Å². The van der Waals surface area contributed by atoms with Crippen LogP contribution in [-0.4, -0.2) is 39.8 Å². The van der Waals surface area contributed by atoms with Crippen molar-refractivity contribution in [2.24, 2.45) is 0 Å². The molecule has 1 amide bonds. The molecule has 0 fully saturated rings. The van der Waals surface area contributed by atoms with Gasteiger partial charge in [-0.3, -0.25) is 9.10 Å². The Morgan fingerprint density at radius 3 is 2.18 bits per heavy atom. The highest BCUT2D eigenvalue weighted by atomic mass is 32.2. The predicted molar refractivity (Wildman–Crippen MR) is 131 cm³/mol. The molecule has 0 saturated heterocycles. The highest BCUT2D eigenvalue weighted by Gasteiger charge is 2.27. The van der Waals surface area contributed by atoms with Crippen molar-refractivity contribution in [2.75, 3.05) is 25.5 Å². The highest BCUT2D eigenvalue weighted by Crippen LogP contribution is 2.25. The van der Waals surface area contributed by atoms with Crippen LogP contribution in [0.3, 0.4) is 0 Å². The molecule has 0 aliphatic rings. The molecule has 180 valence electrons. The first kappa shape index (κ1) is 25.2. The van der Waals surface area contributed by atoms with E-state index in [1.165, 1.54) is 32.3 Å². The number of hydrogen-bond donors (Lipinski definition) is 1. The first-order chi connectivity index (χ1) is 16.1. The van der Waals surface area contributed by atoms with Gasteiger partial charge in [0.2, 0.25) is 0 Å². The van der Waals surface area contributed by atoms with Crippen molar-refractivity contribution in [1.82, 2.24) is 9.62 Å². The van der Waals surface area contributed by atoms with Crippen molar-refractivity contribution in [2.45, 2.75) is 19.5 Å². The molecule has 0 aromatic heterocycles. The third-order valence-electron chi connectivity index (χ3n) is 5.37. The summed E-state index contributed by atoms with van der Waals surface area (Å²) < 4.78 is 47.4. The van der Waals surface area contributed by atoms with E-state index in [2.05, 4.69) is 5.32 Å². The van der Waals surface area contributed by atoms with E-state index in [1.807, 2.05) is 31.2 Å². The zero-order valence-electron chi connectivity index (χ0n) is 19.5. The highest BCUT2D eigenvalue weighted by molar-refractivity contribution is 7.90. The first-order valence-electron chi connectivity index (χ1n) is 10.6. The predicted octanol–water partition coefficient (Wildman–Crippen LogP) is 4.14. The number of methoxy groups -OCH3 is 1. The molecule has 1 N–H and O–H groups in total. The standard InChI is InChI=1S/C25H28FN3O4S/c1-18(20-13-15-22(33-4)16-14-20)27-25(30)21-11-9-19(10-12-21)17-29(34(31,32)28(2)3)24-8-6-5-7-23(24)26/h5-16,18H,17H2,1-4H3,(H,27,30). The molecule has 3 aromatic carbocycles. The number of rotatable bonds is 9. The van der Waals surface area contributed by atoms with Gasteiger partial charge in [0.1, 0.15) is 11.6 Å². The largest absolute Gasteiger partial charge is 0.497 e. The lowest BCUT2D eigenvalue weighted by atomic mass is 10.1. The lowest BCUT2D eigenvalue weighted by molar-refractivity contribution is 0.0940. The molecule has 0 aliphatic heterocycles. The number of anilines is 1. The van der Waals surface area contributed by atoms with Crippen LogP contribution in [-0.2, 0) is 16.8 Å². The van der Waals surface area contributed by atoms with Gasteiger partial charge in [0.25, 0.3) is 5.91 Å². The molecular weight excluding hydrogens is 457 g/mol. The summed E-state index contributed by atoms with van der Waals surface area (Å²) >= 11 is 0. The molecule has 3 rings (SSSR count). The van der Waals surface area contributed by atoms with E-state index in [9.17, 15) is 17.6 Å². The van der Waals surface area contributed by atoms with Gasteiger partial charge in [0.15, 0.2) is 0 Å². The molecule has 0 radical (unpaired) electrons. The van der Waals surface area contributed by atoms with E-state index in [4.69, 9.17) is 4.74 Å². The lowest BCUT2D eigenvalue weighted by Crippen LogP contribution is -2.40. The zero-order valence-corrected chi connectivity index (χ0v) is 20.3. The third-order valence-corrected chi connectivity index (χ3v) is 7.17. The van der Waals surface area contributed by atoms with Gasteiger partial charge in [-0.25, -0.2) is 4.39 Å². The fourth-order valence-electron chi connectivity index (χ4n) is 3.33. The molecule has 0 saturated carbocycles. The summed E-state index contributed by atoms with van der Waals surface area (Å²) in [6.07, 6.45) is 0. The second-order valence-corrected chi connectivity index (χ2v) is 9.98. The first-order valence-corrected chi connectivity index (χ1v) is 12.0. The van der Waals surface area contributed by atoms with Gasteiger partial charge in [0.05, 0.1) is 25.4 Å². The van der Waals surface area contributed by atoms with Gasteiger partial charge in [-0.1, -0.05) is 36.4 Å². The maximum Gasteiger partial charge on any atom is 0.303 e. The van der Waals surface area contributed by atoms with Crippen LogP contribution in [0.15, 0.2) is 72.8 Å². The quantitative estimate of drug-likeness (QED) is 0.494. The SMILES string of the molecule is COc1ccc(C(C)NC(=O)c2ccc(CN(c3ccccc3F)S(=O)(=O)N(C)C)cc2)cc1. The summed E-state index contributed by atoms with van der Waals surface area (Å²) in [5, 5.41) is 2.94. The van der Waals surface area contributed by atoms with Crippen molar-refractivity contribution in [3.63, 3.8) is 0 Å². The van der Waals surface area contributed by atoms with Crippen LogP contribution in [0.4, 0.5) is 10.1 Å². The van der Waals surface area contributed by atoms with Crippen LogP contribution in [0, 0.1) is 5.82 Å². The maximum absolute atomic E-state index is 14.4. The Balaban J connectivity index is 1.76. The topological polar surface area (TPSA) is 79.0 Å². The number of ether oxygens (including phenoxy) is 1. The van der Waals surface area contributed by atoms with Crippen molar-refractivity contribution < 1.29 is 22.3 Å². The minimum absolute atomic E-state index is 0.0497. The fourth-order valence-corrected chi connectivity index (χ4v) is 4.43. The van der Waals surface area contributed by atoms with Gasteiger partial charge in [-0.05, 0) is 54.4 Å². The van der Waals surface area contributed by atoms with Crippen molar-refractivity contribution in [1.29, 1.82) is 0 Å².